The highest BCUT2D eigenvalue weighted by atomic mass is 16.4. The lowest BCUT2D eigenvalue weighted by Crippen LogP contribution is -2.78. The van der Waals surface area contributed by atoms with Crippen LogP contribution in [-0.2, 0) is 75.2 Å². The van der Waals surface area contributed by atoms with Gasteiger partial charge in [0, 0.05) is 19.4 Å². The molecule has 12 atom stereocenters. The lowest BCUT2D eigenvalue weighted by atomic mass is 9.96. The predicted molar refractivity (Wildman–Crippen MR) is 419 cm³/mol. The standard InChI is InChI=1S/C75H126N24O15/c1-7-45(6)61(70(111)94-53(25-17-35-87-75(83)84)71(112)99-36-18-26-58(99)69(110)93-50(21-11-13-31-76)64(105)96-56(38-44(4)5)67(108)95-54(72(113)114)22-12-14-32-77)98-65(106)52(24-16-34-86-74(81)82)91-63(104)51(23-15-33-85-73(79)80)92-66(107)55(37-43(2)3)97-68(109)57(40-46-19-9-8-10-20-46)90-60(102)42-88-59(101)41-89-62(103)49(78)39-47-27-29-48(100)30-28-47/h8-10,19-20,27-30,43-45,49-58,61,100H,7,11-18,21-26,31-42,76-78H2,1-6H3,(H,88,101)(H,89,103)(H,90,102)(H,91,104)(H,92,107)(H,93,110)(H,94,111)(H,95,108)(H,96,105)(H,97,109)(H,98,106)(H,113,114)(H4,79,80,85)(H4,81,82,86)(H4,83,84,87)/p+5/t45-,49-,50-,51-,52-,53-,54-,55-,56-,57-,58-,61-/m0/s1. The Kier molecular flexibility index (Phi) is 44.7. The SMILES string of the molecule is CC[C@H](C)[C@H](NC(=O)[C@H](CCC[NH+]=C(N)N)NC(=O)[C@H](CCC[NH+]=C(N)N)NC(=O)[C@H](CC(C)C)NC(=O)[C@H](Cc1ccccc1)NC(=O)CNC(=O)CNC(=O)[C@@H]([NH3+])Cc1ccc(O)cc1)C(=O)N[C@@H](CCC[NH+]=C(N)N)C(=O)N1CCC[C@H]1C(=O)N[C@@H](CCCC[NH3+])C(=O)N[C@@H](CC(C)C)C(=O)N[C@@H](CCCC[NH3+])C(=O)[O-]. The van der Waals surface area contributed by atoms with E-state index in [1.165, 1.54) is 17.0 Å². The number of likely N-dealkylation sites (tertiary alicyclic amines) is 1. The first kappa shape index (κ1) is 97.2. The Labute approximate surface area is 666 Å². The second-order valence-corrected chi connectivity index (χ2v) is 29.7. The lowest BCUT2D eigenvalue weighted by molar-refractivity contribution is -0.460. The molecule has 3 rings (SSSR count). The van der Waals surface area contributed by atoms with Crippen molar-refractivity contribution in [1.82, 2.24) is 63.4 Å². The number of hydrogen-bond donors (Lipinski definition) is 24. The van der Waals surface area contributed by atoms with Gasteiger partial charge in [0.05, 0.1) is 57.8 Å². The van der Waals surface area contributed by atoms with Gasteiger partial charge in [-0.1, -0.05) is 90.4 Å². The number of nitrogens with two attached hydrogens (primary N) is 6. The number of quaternary nitrogens is 3. The third-order valence-electron chi connectivity index (χ3n) is 19.0. The van der Waals surface area contributed by atoms with E-state index in [1.807, 2.05) is 13.8 Å². The number of benzene rings is 2. The molecule has 0 aromatic heterocycles. The van der Waals surface area contributed by atoms with Crippen LogP contribution >= 0.6 is 0 Å². The molecule has 1 fully saturated rings. The lowest BCUT2D eigenvalue weighted by Gasteiger charge is -2.32. The minimum Gasteiger partial charge on any atom is -0.548 e. The number of carboxylic acids is 1. The highest BCUT2D eigenvalue weighted by molar-refractivity contribution is 5.99. The second kappa shape index (κ2) is 52.4. The van der Waals surface area contributed by atoms with Crippen molar-refractivity contribution in [3.05, 3.63) is 65.7 Å². The number of carbonyl (C=O) groups is 13. The van der Waals surface area contributed by atoms with Crippen LogP contribution < -0.4 is 130 Å². The molecular formula is C75H131N24O15+5. The van der Waals surface area contributed by atoms with E-state index in [0.717, 1.165) is 5.56 Å². The number of unbranched alkanes of at least 4 members (excludes halogenated alkanes) is 2. The van der Waals surface area contributed by atoms with Gasteiger partial charge in [0.15, 0.2) is 6.04 Å². The molecule has 1 aliphatic heterocycles. The van der Waals surface area contributed by atoms with Crippen molar-refractivity contribution < 1.29 is 105 Å². The van der Waals surface area contributed by atoms with Gasteiger partial charge in [0.1, 0.15) is 60.1 Å². The number of nitrogens with zero attached hydrogens (tertiary/aromatic N) is 1. The van der Waals surface area contributed by atoms with Gasteiger partial charge < -0.3 is 95.6 Å². The van der Waals surface area contributed by atoms with E-state index in [-0.39, 0.29) is 145 Å². The van der Waals surface area contributed by atoms with E-state index in [4.69, 9.17) is 34.4 Å². The highest BCUT2D eigenvalue weighted by Gasteiger charge is 2.42. The molecule has 1 saturated heterocycles. The van der Waals surface area contributed by atoms with Crippen molar-refractivity contribution in [2.75, 3.05) is 52.4 Å². The topological polar surface area (TPSA) is 682 Å². The minimum absolute atomic E-state index is 0.0122. The number of nitrogens with one attached hydrogen (secondary N) is 14. The zero-order chi connectivity index (χ0) is 85.0. The fraction of sp³-hybridized carbons (Fsp3) is 0.627. The molecular weight excluding hydrogens is 1480 g/mol. The Morgan fingerprint density at radius 3 is 1.39 bits per heavy atom. The highest BCUT2D eigenvalue weighted by Crippen LogP contribution is 2.22. The quantitative estimate of drug-likeness (QED) is 0.0166. The molecule has 636 valence electrons. The Bertz CT molecular complexity index is 3520. The smallest absolute Gasteiger partial charge is 0.338 e. The number of carboxylic acid groups (broad SMARTS) is 1. The summed E-state index contributed by atoms with van der Waals surface area (Å²) in [4.78, 5) is 193. The summed E-state index contributed by atoms with van der Waals surface area (Å²) in [5.74, 6) is -11.9. The van der Waals surface area contributed by atoms with Crippen molar-refractivity contribution in [1.29, 1.82) is 0 Å². The van der Waals surface area contributed by atoms with Crippen LogP contribution in [0.25, 0.3) is 0 Å². The number of phenols is 1. The first-order valence-corrected chi connectivity index (χ1v) is 39.4. The molecule has 0 aliphatic carbocycles. The number of aromatic hydroxyl groups is 1. The van der Waals surface area contributed by atoms with Crippen LogP contribution in [0.4, 0.5) is 0 Å². The molecule has 0 radical (unpaired) electrons. The predicted octanol–water partition coefficient (Wildman–Crippen LogP) is -13.5. The summed E-state index contributed by atoms with van der Waals surface area (Å²) in [7, 11) is 0. The molecule has 0 bridgehead atoms. The Morgan fingerprint density at radius 1 is 0.482 bits per heavy atom. The van der Waals surface area contributed by atoms with Crippen LogP contribution in [0.1, 0.15) is 162 Å². The number of rotatable bonds is 54. The minimum atomic E-state index is -1.48. The van der Waals surface area contributed by atoms with Crippen LogP contribution in [-0.4, -0.2) is 224 Å². The number of aliphatic carboxylic acids is 1. The summed E-state index contributed by atoms with van der Waals surface area (Å²) in [5, 5.41) is 51.3. The van der Waals surface area contributed by atoms with Crippen molar-refractivity contribution in [3.8, 4) is 5.75 Å². The molecule has 12 amide bonds. The van der Waals surface area contributed by atoms with E-state index in [1.54, 1.807) is 70.2 Å². The summed E-state index contributed by atoms with van der Waals surface area (Å²) in [6, 6.07) is 0.849. The fourth-order valence-corrected chi connectivity index (χ4v) is 12.6. The largest absolute Gasteiger partial charge is 0.548 e. The third-order valence-corrected chi connectivity index (χ3v) is 19.0. The van der Waals surface area contributed by atoms with E-state index in [2.05, 4.69) is 90.7 Å². The second-order valence-electron chi connectivity index (χ2n) is 29.7. The molecule has 0 unspecified atom stereocenters. The van der Waals surface area contributed by atoms with Gasteiger partial charge in [0.2, 0.25) is 65.0 Å². The summed E-state index contributed by atoms with van der Waals surface area (Å²) < 4.78 is 0. The molecule has 1 aliphatic rings. The molecule has 0 spiro atoms. The van der Waals surface area contributed by atoms with Crippen LogP contribution in [0.15, 0.2) is 54.6 Å². The molecule has 0 saturated carbocycles. The molecule has 1 heterocycles. The van der Waals surface area contributed by atoms with E-state index in [0.29, 0.717) is 57.2 Å². The number of hydrogen-bond acceptors (Lipinski definition) is 15. The van der Waals surface area contributed by atoms with Crippen LogP contribution in [0.5, 0.6) is 5.75 Å². The van der Waals surface area contributed by atoms with Gasteiger partial charge in [-0.25, -0.2) is 0 Å². The van der Waals surface area contributed by atoms with Gasteiger partial charge >= 0.3 is 17.9 Å². The maximum Gasteiger partial charge on any atom is 0.338 e. The zero-order valence-electron chi connectivity index (χ0n) is 67.1. The van der Waals surface area contributed by atoms with Crippen molar-refractivity contribution in [2.45, 2.75) is 230 Å². The van der Waals surface area contributed by atoms with E-state index < -0.39 is 162 Å². The van der Waals surface area contributed by atoms with Gasteiger partial charge in [0.25, 0.3) is 5.91 Å². The van der Waals surface area contributed by atoms with E-state index in [9.17, 15) is 67.7 Å². The monoisotopic (exact) mass is 1610 g/mol. The number of phenolic OH excluding ortho intramolecular Hbond substituents is 1. The van der Waals surface area contributed by atoms with E-state index >= 15 is 4.79 Å². The average Bonchev–Trinajstić information content (AvgIpc) is 1.60. The summed E-state index contributed by atoms with van der Waals surface area (Å²) in [6.07, 6.45) is 3.54. The summed E-state index contributed by atoms with van der Waals surface area (Å²) in [5.41, 5.74) is 47.1. The van der Waals surface area contributed by atoms with Crippen molar-refractivity contribution >= 4 is 94.7 Å². The van der Waals surface area contributed by atoms with Crippen molar-refractivity contribution in [2.24, 2.45) is 52.2 Å². The van der Waals surface area contributed by atoms with Crippen LogP contribution in [0.2, 0.25) is 0 Å². The zero-order valence-corrected chi connectivity index (χ0v) is 67.1. The van der Waals surface area contributed by atoms with Crippen LogP contribution in [0, 0.1) is 17.8 Å². The fourth-order valence-electron chi connectivity index (χ4n) is 12.6. The number of amides is 12. The third kappa shape index (κ3) is 37.6. The Balaban J connectivity index is 1.97. The summed E-state index contributed by atoms with van der Waals surface area (Å²) in [6.45, 7) is 11.0. The number of carbonyl (C=O) groups excluding carboxylic acids is 13. The summed E-state index contributed by atoms with van der Waals surface area (Å²) >= 11 is 0. The molecule has 2 aromatic rings. The first-order chi connectivity index (χ1) is 54.1. The maximum atomic E-state index is 15.1. The normalized spacial score (nSPS) is 15.3. The Morgan fingerprint density at radius 2 is 0.904 bits per heavy atom. The molecule has 39 heteroatoms. The molecule has 2 aromatic carbocycles. The molecule has 114 heavy (non-hydrogen) atoms. The molecule has 36 N–H and O–H groups in total. The first-order valence-electron chi connectivity index (χ1n) is 39.4. The van der Waals surface area contributed by atoms with Gasteiger partial charge in [-0.2, -0.15) is 0 Å². The van der Waals surface area contributed by atoms with Gasteiger partial charge in [-0.15, -0.1) is 0 Å². The van der Waals surface area contributed by atoms with Crippen molar-refractivity contribution in [3.63, 3.8) is 0 Å². The van der Waals surface area contributed by atoms with Gasteiger partial charge in [-0.3, -0.25) is 107 Å². The van der Waals surface area contributed by atoms with Crippen LogP contribution in [0.3, 0.4) is 0 Å². The van der Waals surface area contributed by atoms with Gasteiger partial charge in [-0.05, 0) is 144 Å². The molecule has 39 nitrogen and oxygen atoms in total. The number of guanidine groups is 3. The maximum absolute atomic E-state index is 15.1. The average molecular weight is 1610 g/mol. The Hall–Kier alpha value is -11.0.